The largest absolute Gasteiger partial charge is 0.466 e. The Morgan fingerprint density at radius 1 is 1.25 bits per heavy atom. The smallest absolute Gasteiger partial charge is 0.142 e. The number of halogens is 3. The quantitative estimate of drug-likeness (QED) is 0.823. The molecule has 1 N–H and O–H groups in total. The molecule has 0 saturated carbocycles. The van der Waals surface area contributed by atoms with Gasteiger partial charge in [0.05, 0.1) is 11.3 Å². The fourth-order valence-electron chi connectivity index (χ4n) is 1.35. The number of hydrogen-bond acceptors (Lipinski definition) is 2. The van der Waals surface area contributed by atoms with E-state index in [-0.39, 0.29) is 16.3 Å². The highest BCUT2D eigenvalue weighted by molar-refractivity contribution is 6.30. The van der Waals surface area contributed by atoms with Gasteiger partial charge in [0.25, 0.3) is 0 Å². The summed E-state index contributed by atoms with van der Waals surface area (Å²) in [6.07, 6.45) is -0.00954. The van der Waals surface area contributed by atoms with E-state index in [9.17, 15) is 13.9 Å². The number of aliphatic hydroxyl groups is 1. The fourth-order valence-corrected chi connectivity index (χ4v) is 1.50. The third kappa shape index (κ3) is 1.94. The zero-order valence-electron chi connectivity index (χ0n) is 7.95. The van der Waals surface area contributed by atoms with Crippen molar-refractivity contribution in [3.63, 3.8) is 0 Å². The molecule has 0 fully saturated rings. The van der Waals surface area contributed by atoms with E-state index < -0.39 is 17.7 Å². The average Bonchev–Trinajstić information content (AvgIpc) is 2.75. The van der Waals surface area contributed by atoms with Crippen molar-refractivity contribution < 1.29 is 18.3 Å². The van der Waals surface area contributed by atoms with Crippen LogP contribution in [0.1, 0.15) is 17.4 Å². The van der Waals surface area contributed by atoms with Gasteiger partial charge in [-0.3, -0.25) is 0 Å². The number of aliphatic hydroxyl groups excluding tert-OH is 1. The van der Waals surface area contributed by atoms with Crippen LogP contribution < -0.4 is 0 Å². The Morgan fingerprint density at radius 2 is 2.00 bits per heavy atom. The first kappa shape index (κ1) is 11.1. The summed E-state index contributed by atoms with van der Waals surface area (Å²) in [4.78, 5) is 0. The molecule has 5 heteroatoms. The lowest BCUT2D eigenvalue weighted by molar-refractivity contribution is 0.184. The highest BCUT2D eigenvalue weighted by atomic mass is 35.5. The van der Waals surface area contributed by atoms with Crippen molar-refractivity contribution in [3.05, 3.63) is 58.5 Å². The van der Waals surface area contributed by atoms with Gasteiger partial charge in [-0.25, -0.2) is 8.78 Å². The van der Waals surface area contributed by atoms with Crippen LogP contribution >= 0.6 is 11.6 Å². The Balaban J connectivity index is 2.44. The Kier molecular flexibility index (Phi) is 2.94. The zero-order chi connectivity index (χ0) is 11.7. The van der Waals surface area contributed by atoms with Crippen molar-refractivity contribution in [3.8, 4) is 0 Å². The SMILES string of the molecule is OC(c1ccco1)c1cc(F)c(Cl)cc1F. The zero-order valence-corrected chi connectivity index (χ0v) is 8.71. The van der Waals surface area contributed by atoms with Crippen molar-refractivity contribution in [1.29, 1.82) is 0 Å². The molecule has 0 spiro atoms. The van der Waals surface area contributed by atoms with E-state index in [1.165, 1.54) is 12.3 Å². The molecule has 0 amide bonds. The summed E-state index contributed by atoms with van der Waals surface area (Å²) in [7, 11) is 0. The van der Waals surface area contributed by atoms with Crippen LogP contribution in [0.2, 0.25) is 5.02 Å². The van der Waals surface area contributed by atoms with Gasteiger partial charge in [-0.05, 0) is 24.3 Å². The first-order chi connectivity index (χ1) is 7.59. The lowest BCUT2D eigenvalue weighted by Crippen LogP contribution is -2.02. The number of hydrogen-bond donors (Lipinski definition) is 1. The van der Waals surface area contributed by atoms with Crippen LogP contribution in [0.4, 0.5) is 8.78 Å². The van der Waals surface area contributed by atoms with Crippen molar-refractivity contribution in [1.82, 2.24) is 0 Å². The summed E-state index contributed by atoms with van der Waals surface area (Å²) in [5.74, 6) is -1.43. The van der Waals surface area contributed by atoms with E-state index in [0.29, 0.717) is 0 Å². The lowest BCUT2D eigenvalue weighted by Gasteiger charge is -2.09. The molecular weight excluding hydrogens is 238 g/mol. The molecule has 0 aliphatic carbocycles. The minimum absolute atomic E-state index is 0.139. The van der Waals surface area contributed by atoms with E-state index in [1.54, 1.807) is 6.07 Å². The molecule has 0 radical (unpaired) electrons. The highest BCUT2D eigenvalue weighted by Gasteiger charge is 2.19. The minimum atomic E-state index is -1.35. The summed E-state index contributed by atoms with van der Waals surface area (Å²) in [5.41, 5.74) is -0.211. The van der Waals surface area contributed by atoms with Gasteiger partial charge in [0.15, 0.2) is 0 Å². The molecule has 0 bridgehead atoms. The number of rotatable bonds is 2. The summed E-state index contributed by atoms with van der Waals surface area (Å²) >= 11 is 5.40. The van der Waals surface area contributed by atoms with Gasteiger partial charge in [0.1, 0.15) is 23.5 Å². The van der Waals surface area contributed by atoms with Gasteiger partial charge >= 0.3 is 0 Å². The normalized spacial score (nSPS) is 12.8. The molecule has 0 aliphatic rings. The summed E-state index contributed by atoms with van der Waals surface area (Å²) < 4.78 is 31.4. The van der Waals surface area contributed by atoms with Crippen molar-refractivity contribution in [2.45, 2.75) is 6.10 Å². The number of furan rings is 1. The molecule has 1 heterocycles. The maximum absolute atomic E-state index is 13.4. The Hall–Kier alpha value is -1.39. The second-order valence-corrected chi connectivity index (χ2v) is 3.61. The van der Waals surface area contributed by atoms with Crippen LogP contribution in [-0.2, 0) is 0 Å². The topological polar surface area (TPSA) is 33.4 Å². The van der Waals surface area contributed by atoms with Crippen LogP contribution in [0.3, 0.4) is 0 Å². The predicted molar refractivity (Wildman–Crippen MR) is 54.1 cm³/mol. The summed E-state index contributed by atoms with van der Waals surface area (Å²) in [6.45, 7) is 0. The molecule has 1 unspecified atom stereocenters. The van der Waals surface area contributed by atoms with Gasteiger partial charge in [-0.15, -0.1) is 0 Å². The van der Waals surface area contributed by atoms with Crippen LogP contribution in [0, 0.1) is 11.6 Å². The lowest BCUT2D eigenvalue weighted by atomic mass is 10.1. The van der Waals surface area contributed by atoms with Crippen LogP contribution in [0.5, 0.6) is 0 Å². The standard InChI is InChI=1S/C11H7ClF2O2/c12-7-5-8(13)6(4-9(7)14)11(15)10-2-1-3-16-10/h1-5,11,15H. The molecule has 0 aliphatic heterocycles. The van der Waals surface area contributed by atoms with Crippen LogP contribution in [0.15, 0.2) is 34.9 Å². The molecule has 1 atom stereocenters. The maximum atomic E-state index is 13.4. The second-order valence-electron chi connectivity index (χ2n) is 3.21. The van der Waals surface area contributed by atoms with E-state index in [2.05, 4.69) is 0 Å². The third-order valence-corrected chi connectivity index (χ3v) is 2.44. The maximum Gasteiger partial charge on any atom is 0.142 e. The molecule has 2 nitrogen and oxygen atoms in total. The molecule has 2 rings (SSSR count). The van der Waals surface area contributed by atoms with E-state index in [0.717, 1.165) is 12.1 Å². The van der Waals surface area contributed by atoms with E-state index >= 15 is 0 Å². The second kappa shape index (κ2) is 4.23. The molecule has 16 heavy (non-hydrogen) atoms. The molecule has 2 aromatic rings. The van der Waals surface area contributed by atoms with Gasteiger partial charge in [0.2, 0.25) is 0 Å². The Labute approximate surface area is 95.1 Å². The van der Waals surface area contributed by atoms with Gasteiger partial charge in [-0.1, -0.05) is 11.6 Å². The van der Waals surface area contributed by atoms with Gasteiger partial charge < -0.3 is 9.52 Å². The monoisotopic (exact) mass is 244 g/mol. The summed E-state index contributed by atoms with van der Waals surface area (Å²) in [6, 6.07) is 4.68. The van der Waals surface area contributed by atoms with Gasteiger partial charge in [-0.2, -0.15) is 0 Å². The van der Waals surface area contributed by atoms with Crippen molar-refractivity contribution in [2.24, 2.45) is 0 Å². The van der Waals surface area contributed by atoms with Crippen molar-refractivity contribution >= 4 is 11.6 Å². The first-order valence-corrected chi connectivity index (χ1v) is 4.83. The highest BCUT2D eigenvalue weighted by Crippen LogP contribution is 2.28. The average molecular weight is 245 g/mol. The summed E-state index contributed by atoms with van der Waals surface area (Å²) in [5, 5.41) is 9.41. The predicted octanol–water partition coefficient (Wildman–Crippen LogP) is 3.29. The first-order valence-electron chi connectivity index (χ1n) is 4.45. The molecular formula is C11H7ClF2O2. The third-order valence-electron chi connectivity index (χ3n) is 2.15. The van der Waals surface area contributed by atoms with E-state index in [4.69, 9.17) is 16.0 Å². The van der Waals surface area contributed by atoms with Crippen LogP contribution in [-0.4, -0.2) is 5.11 Å². The van der Waals surface area contributed by atoms with Gasteiger partial charge in [0, 0.05) is 5.56 Å². The molecule has 0 saturated heterocycles. The Bertz CT molecular complexity index is 497. The van der Waals surface area contributed by atoms with Crippen LogP contribution in [0.25, 0.3) is 0 Å². The molecule has 1 aromatic carbocycles. The van der Waals surface area contributed by atoms with Crippen molar-refractivity contribution in [2.75, 3.05) is 0 Å². The molecule has 1 aromatic heterocycles. The molecule has 84 valence electrons. The number of benzene rings is 1. The fraction of sp³-hybridized carbons (Fsp3) is 0.0909. The Morgan fingerprint density at radius 3 is 2.62 bits per heavy atom. The van der Waals surface area contributed by atoms with E-state index in [1.807, 2.05) is 0 Å². The minimum Gasteiger partial charge on any atom is -0.466 e.